The SMILES string of the molecule is C[C@H]1c2ccccc2[C@@H](c2cnn(C)c2Cl)CN1C(=O)c1nc(-c2cnnc(F)c2F)no1. The highest BCUT2D eigenvalue weighted by atomic mass is 35.5. The molecule has 4 aromatic rings. The first-order valence-corrected chi connectivity index (χ1v) is 10.3. The van der Waals surface area contributed by atoms with Crippen LogP contribution in [0.15, 0.2) is 41.2 Å². The zero-order valence-corrected chi connectivity index (χ0v) is 18.2. The second kappa shape index (κ2) is 8.00. The molecule has 0 aliphatic carbocycles. The third-order valence-corrected chi connectivity index (χ3v) is 6.26. The summed E-state index contributed by atoms with van der Waals surface area (Å²) < 4.78 is 34.1. The van der Waals surface area contributed by atoms with Crippen LogP contribution >= 0.6 is 11.6 Å². The van der Waals surface area contributed by atoms with E-state index in [9.17, 15) is 13.6 Å². The van der Waals surface area contributed by atoms with Crippen LogP contribution in [-0.4, -0.2) is 47.5 Å². The zero-order chi connectivity index (χ0) is 23.3. The van der Waals surface area contributed by atoms with Crippen LogP contribution in [0.2, 0.25) is 5.15 Å². The second-order valence-electron chi connectivity index (χ2n) is 7.62. The van der Waals surface area contributed by atoms with Crippen LogP contribution in [0.4, 0.5) is 8.78 Å². The fourth-order valence-electron chi connectivity index (χ4n) is 4.08. The summed E-state index contributed by atoms with van der Waals surface area (Å²) in [6, 6.07) is 7.45. The number of fused-ring (bicyclic) bond motifs is 1. The van der Waals surface area contributed by atoms with Crippen LogP contribution in [-0.2, 0) is 7.05 Å². The summed E-state index contributed by atoms with van der Waals surface area (Å²) in [7, 11) is 1.74. The van der Waals surface area contributed by atoms with Gasteiger partial charge in [-0.3, -0.25) is 9.48 Å². The molecule has 0 unspecified atom stereocenters. The number of rotatable bonds is 3. The van der Waals surface area contributed by atoms with Gasteiger partial charge in [0.2, 0.25) is 5.82 Å². The molecular weight excluding hydrogens is 456 g/mol. The van der Waals surface area contributed by atoms with E-state index < -0.39 is 17.7 Å². The Labute approximate surface area is 191 Å². The van der Waals surface area contributed by atoms with Crippen molar-refractivity contribution in [3.8, 4) is 11.4 Å². The van der Waals surface area contributed by atoms with Gasteiger partial charge >= 0.3 is 11.8 Å². The van der Waals surface area contributed by atoms with Crippen LogP contribution in [0.1, 0.15) is 46.3 Å². The topological polar surface area (TPSA) is 103 Å². The van der Waals surface area contributed by atoms with E-state index in [1.807, 2.05) is 31.2 Å². The fraction of sp³-hybridized carbons (Fsp3) is 0.238. The summed E-state index contributed by atoms with van der Waals surface area (Å²) in [5, 5.41) is 14.7. The van der Waals surface area contributed by atoms with Gasteiger partial charge in [0.05, 0.1) is 24.0 Å². The third-order valence-electron chi connectivity index (χ3n) is 5.80. The summed E-state index contributed by atoms with van der Waals surface area (Å²) in [5.74, 6) is -4.13. The number of amides is 1. The van der Waals surface area contributed by atoms with Gasteiger partial charge in [-0.25, -0.2) is 4.39 Å². The van der Waals surface area contributed by atoms with Crippen molar-refractivity contribution >= 4 is 17.5 Å². The van der Waals surface area contributed by atoms with E-state index >= 15 is 0 Å². The number of carbonyl (C=O) groups is 1. The standard InChI is InChI=1S/C21H16ClF2N7O2/c1-10-11-5-3-4-6-12(11)15(13-8-26-30(2)17(13)22)9-31(10)21(32)20-27-19(29-33-20)14-7-25-28-18(24)16(14)23/h3-8,10,15H,9H2,1-2H3/t10-,15-/m0/s1. The average molecular weight is 472 g/mol. The molecule has 9 nitrogen and oxygen atoms in total. The predicted octanol–water partition coefficient (Wildman–Crippen LogP) is 3.54. The summed E-state index contributed by atoms with van der Waals surface area (Å²) in [6.45, 7) is 2.16. The second-order valence-corrected chi connectivity index (χ2v) is 7.97. The highest BCUT2D eigenvalue weighted by molar-refractivity contribution is 6.30. The molecule has 168 valence electrons. The number of hydrogen-bond donors (Lipinski definition) is 0. The van der Waals surface area contributed by atoms with Gasteiger partial charge in [0, 0.05) is 25.1 Å². The highest BCUT2D eigenvalue weighted by Gasteiger charge is 2.38. The van der Waals surface area contributed by atoms with Gasteiger partial charge in [-0.05, 0) is 18.1 Å². The molecular formula is C21H16ClF2N7O2. The van der Waals surface area contributed by atoms with Gasteiger partial charge < -0.3 is 9.42 Å². The minimum Gasteiger partial charge on any atom is -0.328 e. The van der Waals surface area contributed by atoms with Gasteiger partial charge in [0.15, 0.2) is 5.82 Å². The largest absolute Gasteiger partial charge is 0.328 e. The minimum absolute atomic E-state index is 0.235. The van der Waals surface area contributed by atoms with E-state index in [4.69, 9.17) is 16.1 Å². The Hall–Kier alpha value is -3.73. The predicted molar refractivity (Wildman–Crippen MR) is 111 cm³/mol. The molecule has 0 radical (unpaired) electrons. The molecule has 0 bridgehead atoms. The maximum atomic E-state index is 14.0. The first-order chi connectivity index (χ1) is 15.9. The quantitative estimate of drug-likeness (QED) is 0.450. The summed E-state index contributed by atoms with van der Waals surface area (Å²) >= 11 is 6.47. The van der Waals surface area contributed by atoms with Crippen LogP contribution in [0.3, 0.4) is 0 Å². The Morgan fingerprint density at radius 3 is 2.67 bits per heavy atom. The maximum absolute atomic E-state index is 14.0. The van der Waals surface area contributed by atoms with Crippen molar-refractivity contribution in [2.45, 2.75) is 18.9 Å². The van der Waals surface area contributed by atoms with E-state index in [-0.39, 0.29) is 35.8 Å². The van der Waals surface area contributed by atoms with Crippen LogP contribution in [0, 0.1) is 11.8 Å². The molecule has 12 heteroatoms. The molecule has 0 fully saturated rings. The number of aryl methyl sites for hydroxylation is 1. The van der Waals surface area contributed by atoms with Crippen molar-refractivity contribution in [1.29, 1.82) is 0 Å². The molecule has 1 aliphatic heterocycles. The zero-order valence-electron chi connectivity index (χ0n) is 17.4. The normalized spacial score (nSPS) is 17.8. The van der Waals surface area contributed by atoms with Crippen LogP contribution in [0.25, 0.3) is 11.4 Å². The number of aromatic nitrogens is 6. The highest BCUT2D eigenvalue weighted by Crippen LogP contribution is 2.41. The summed E-state index contributed by atoms with van der Waals surface area (Å²) in [6.07, 6.45) is 2.64. The van der Waals surface area contributed by atoms with Crippen molar-refractivity contribution in [1.82, 2.24) is 35.0 Å². The van der Waals surface area contributed by atoms with Crippen molar-refractivity contribution in [2.75, 3.05) is 6.54 Å². The fourth-order valence-corrected chi connectivity index (χ4v) is 4.30. The van der Waals surface area contributed by atoms with Crippen molar-refractivity contribution in [3.63, 3.8) is 0 Å². The Kier molecular flexibility index (Phi) is 5.12. The van der Waals surface area contributed by atoms with E-state index in [1.165, 1.54) is 0 Å². The van der Waals surface area contributed by atoms with Crippen LogP contribution in [0.5, 0.6) is 0 Å². The van der Waals surface area contributed by atoms with E-state index in [1.54, 1.807) is 22.8 Å². The minimum atomic E-state index is -1.40. The molecule has 0 spiro atoms. The first kappa shape index (κ1) is 21.1. The van der Waals surface area contributed by atoms with Crippen LogP contribution < -0.4 is 0 Å². The number of halogens is 3. The Bertz CT molecular complexity index is 1370. The molecule has 1 aliphatic rings. The van der Waals surface area contributed by atoms with E-state index in [0.717, 1.165) is 22.9 Å². The maximum Gasteiger partial charge on any atom is 0.316 e. The molecule has 4 heterocycles. The Morgan fingerprint density at radius 1 is 1.18 bits per heavy atom. The third kappa shape index (κ3) is 3.44. The average Bonchev–Trinajstić information content (AvgIpc) is 3.43. The molecule has 33 heavy (non-hydrogen) atoms. The van der Waals surface area contributed by atoms with Crippen molar-refractivity contribution in [2.24, 2.45) is 7.05 Å². The van der Waals surface area contributed by atoms with E-state index in [2.05, 4.69) is 25.4 Å². The molecule has 1 amide bonds. The lowest BCUT2D eigenvalue weighted by atomic mass is 9.82. The Balaban J connectivity index is 1.52. The molecule has 1 aromatic carbocycles. The number of carbonyl (C=O) groups excluding carboxylic acids is 1. The van der Waals surface area contributed by atoms with Gasteiger partial charge in [-0.1, -0.05) is 41.0 Å². The van der Waals surface area contributed by atoms with Crippen molar-refractivity contribution < 1.29 is 18.1 Å². The molecule has 3 aromatic heterocycles. The van der Waals surface area contributed by atoms with E-state index in [0.29, 0.717) is 5.15 Å². The van der Waals surface area contributed by atoms with Gasteiger partial charge in [0.25, 0.3) is 5.95 Å². The number of hydrogen-bond acceptors (Lipinski definition) is 7. The number of nitrogens with zero attached hydrogens (tertiary/aromatic N) is 7. The smallest absolute Gasteiger partial charge is 0.316 e. The first-order valence-electron chi connectivity index (χ1n) is 9.94. The Morgan fingerprint density at radius 2 is 1.94 bits per heavy atom. The number of benzene rings is 1. The van der Waals surface area contributed by atoms with Gasteiger partial charge in [-0.15, -0.1) is 5.10 Å². The molecule has 5 rings (SSSR count). The molecule has 2 atom stereocenters. The molecule has 0 N–H and O–H groups in total. The molecule has 0 saturated carbocycles. The summed E-state index contributed by atoms with van der Waals surface area (Å²) in [5.41, 5.74) is 2.40. The van der Waals surface area contributed by atoms with Gasteiger partial charge in [-0.2, -0.15) is 19.6 Å². The lowest BCUT2D eigenvalue weighted by Gasteiger charge is -2.39. The monoisotopic (exact) mass is 471 g/mol. The van der Waals surface area contributed by atoms with Crippen molar-refractivity contribution in [3.05, 3.63) is 76.2 Å². The lowest BCUT2D eigenvalue weighted by molar-refractivity contribution is 0.0614. The van der Waals surface area contributed by atoms with Gasteiger partial charge in [0.1, 0.15) is 5.15 Å². The lowest BCUT2D eigenvalue weighted by Crippen LogP contribution is -2.41. The summed E-state index contributed by atoms with van der Waals surface area (Å²) in [4.78, 5) is 18.9. The molecule has 0 saturated heterocycles.